The van der Waals surface area contributed by atoms with Gasteiger partial charge in [0.1, 0.15) is 5.76 Å². The van der Waals surface area contributed by atoms with Crippen molar-refractivity contribution in [3.05, 3.63) is 60.1 Å². The first-order valence-electron chi connectivity index (χ1n) is 6.71. The van der Waals surface area contributed by atoms with Crippen molar-refractivity contribution in [3.63, 3.8) is 0 Å². The maximum atomic E-state index is 12.3. The second kappa shape index (κ2) is 7.28. The number of furan rings is 1. The number of benzene rings is 1. The summed E-state index contributed by atoms with van der Waals surface area (Å²) in [6.07, 6.45) is 1.70. The quantitative estimate of drug-likeness (QED) is 0.848. The standard InChI is InChI=1S/C16H17NO4/c18-15(11-13-5-2-1-3-6-13)17(9-8-16(19)20)12-14-7-4-10-21-14/h1-7,10H,8-9,11-12H2,(H,19,20). The Bertz CT molecular complexity index is 578. The van der Waals surface area contributed by atoms with Gasteiger partial charge in [-0.05, 0) is 17.7 Å². The molecule has 0 saturated heterocycles. The highest BCUT2D eigenvalue weighted by molar-refractivity contribution is 5.79. The van der Waals surface area contributed by atoms with Gasteiger partial charge < -0.3 is 14.4 Å². The van der Waals surface area contributed by atoms with Gasteiger partial charge >= 0.3 is 5.97 Å². The van der Waals surface area contributed by atoms with Crippen molar-refractivity contribution in [2.24, 2.45) is 0 Å². The zero-order chi connectivity index (χ0) is 15.1. The van der Waals surface area contributed by atoms with Gasteiger partial charge in [-0.15, -0.1) is 0 Å². The average molecular weight is 287 g/mol. The van der Waals surface area contributed by atoms with Gasteiger partial charge in [-0.2, -0.15) is 0 Å². The zero-order valence-corrected chi connectivity index (χ0v) is 11.6. The van der Waals surface area contributed by atoms with E-state index in [0.717, 1.165) is 5.56 Å². The van der Waals surface area contributed by atoms with Gasteiger partial charge in [0, 0.05) is 6.54 Å². The summed E-state index contributed by atoms with van der Waals surface area (Å²) in [4.78, 5) is 24.6. The van der Waals surface area contributed by atoms with Crippen molar-refractivity contribution in [1.29, 1.82) is 0 Å². The normalized spacial score (nSPS) is 10.3. The Kier molecular flexibility index (Phi) is 5.15. The molecule has 2 aromatic rings. The van der Waals surface area contributed by atoms with Crippen LogP contribution in [0.3, 0.4) is 0 Å². The first-order chi connectivity index (χ1) is 10.1. The van der Waals surface area contributed by atoms with E-state index >= 15 is 0 Å². The molecule has 0 unspecified atom stereocenters. The Hall–Kier alpha value is -2.56. The van der Waals surface area contributed by atoms with E-state index < -0.39 is 5.97 Å². The summed E-state index contributed by atoms with van der Waals surface area (Å²) in [5, 5.41) is 8.80. The van der Waals surface area contributed by atoms with Crippen molar-refractivity contribution >= 4 is 11.9 Å². The number of nitrogens with zero attached hydrogens (tertiary/aromatic N) is 1. The van der Waals surface area contributed by atoms with Crippen LogP contribution in [0, 0.1) is 0 Å². The summed E-state index contributed by atoms with van der Waals surface area (Å²) in [5.41, 5.74) is 0.905. The molecule has 21 heavy (non-hydrogen) atoms. The topological polar surface area (TPSA) is 70.8 Å². The molecule has 0 saturated carbocycles. The number of hydrogen-bond acceptors (Lipinski definition) is 3. The van der Waals surface area contributed by atoms with Crippen LogP contribution in [0.1, 0.15) is 17.7 Å². The van der Waals surface area contributed by atoms with E-state index in [-0.39, 0.29) is 31.8 Å². The molecule has 5 heteroatoms. The van der Waals surface area contributed by atoms with Gasteiger partial charge in [-0.1, -0.05) is 30.3 Å². The molecular weight excluding hydrogens is 270 g/mol. The molecule has 0 aliphatic heterocycles. The summed E-state index contributed by atoms with van der Waals surface area (Å²) in [6.45, 7) is 0.452. The first-order valence-corrected chi connectivity index (χ1v) is 6.71. The van der Waals surface area contributed by atoms with E-state index in [0.29, 0.717) is 5.76 Å². The molecule has 1 N–H and O–H groups in total. The van der Waals surface area contributed by atoms with Crippen molar-refractivity contribution in [2.75, 3.05) is 6.54 Å². The van der Waals surface area contributed by atoms with Crippen molar-refractivity contribution in [3.8, 4) is 0 Å². The summed E-state index contributed by atoms with van der Waals surface area (Å²) in [7, 11) is 0. The molecule has 0 atom stereocenters. The molecule has 0 aliphatic carbocycles. The molecule has 110 valence electrons. The number of carbonyl (C=O) groups excluding carboxylic acids is 1. The SMILES string of the molecule is O=C(O)CCN(Cc1ccco1)C(=O)Cc1ccccc1. The highest BCUT2D eigenvalue weighted by atomic mass is 16.4. The average Bonchev–Trinajstić information content (AvgIpc) is 2.97. The van der Waals surface area contributed by atoms with E-state index in [4.69, 9.17) is 9.52 Å². The van der Waals surface area contributed by atoms with Crippen LogP contribution in [0.15, 0.2) is 53.1 Å². The smallest absolute Gasteiger partial charge is 0.305 e. The second-order valence-electron chi connectivity index (χ2n) is 4.70. The third-order valence-corrected chi connectivity index (χ3v) is 3.07. The van der Waals surface area contributed by atoms with E-state index in [1.165, 1.54) is 11.2 Å². The minimum Gasteiger partial charge on any atom is -0.481 e. The molecule has 5 nitrogen and oxygen atoms in total. The molecule has 0 radical (unpaired) electrons. The fourth-order valence-corrected chi connectivity index (χ4v) is 2.00. The Labute approximate surface area is 122 Å². The number of carbonyl (C=O) groups is 2. The number of carboxylic acids is 1. The van der Waals surface area contributed by atoms with Gasteiger partial charge in [-0.25, -0.2) is 0 Å². The van der Waals surface area contributed by atoms with Gasteiger partial charge in [0.15, 0.2) is 0 Å². The Morgan fingerprint density at radius 2 is 1.86 bits per heavy atom. The Morgan fingerprint density at radius 3 is 2.48 bits per heavy atom. The van der Waals surface area contributed by atoms with Crippen molar-refractivity contribution < 1.29 is 19.1 Å². The van der Waals surface area contributed by atoms with Gasteiger partial charge in [0.05, 0.1) is 25.6 Å². The monoisotopic (exact) mass is 287 g/mol. The van der Waals surface area contributed by atoms with E-state index in [1.807, 2.05) is 30.3 Å². The van der Waals surface area contributed by atoms with Crippen LogP contribution in [0.4, 0.5) is 0 Å². The second-order valence-corrected chi connectivity index (χ2v) is 4.70. The highest BCUT2D eigenvalue weighted by Crippen LogP contribution is 2.09. The summed E-state index contributed by atoms with van der Waals surface area (Å²) < 4.78 is 5.23. The maximum absolute atomic E-state index is 12.3. The van der Waals surface area contributed by atoms with Crippen LogP contribution >= 0.6 is 0 Å². The minimum absolute atomic E-state index is 0.0821. The zero-order valence-electron chi connectivity index (χ0n) is 11.6. The van der Waals surface area contributed by atoms with Gasteiger partial charge in [-0.3, -0.25) is 9.59 Å². The van der Waals surface area contributed by atoms with E-state index in [2.05, 4.69) is 0 Å². The number of hydrogen-bond donors (Lipinski definition) is 1. The molecular formula is C16H17NO4. The molecule has 1 heterocycles. The largest absolute Gasteiger partial charge is 0.481 e. The first kappa shape index (κ1) is 14.8. The molecule has 2 rings (SSSR count). The highest BCUT2D eigenvalue weighted by Gasteiger charge is 2.16. The predicted octanol–water partition coefficient (Wildman–Crippen LogP) is 2.33. The van der Waals surface area contributed by atoms with Gasteiger partial charge in [0.2, 0.25) is 5.91 Å². The summed E-state index contributed by atoms with van der Waals surface area (Å²) >= 11 is 0. The van der Waals surface area contributed by atoms with Crippen LogP contribution in [0.2, 0.25) is 0 Å². The minimum atomic E-state index is -0.924. The molecule has 0 bridgehead atoms. The lowest BCUT2D eigenvalue weighted by Gasteiger charge is -2.21. The van der Waals surface area contributed by atoms with E-state index in [1.54, 1.807) is 12.1 Å². The Balaban J connectivity index is 2.02. The summed E-state index contributed by atoms with van der Waals surface area (Å²) in [5.74, 6) is -0.396. The number of aliphatic carboxylic acids is 1. The van der Waals surface area contributed by atoms with Crippen molar-refractivity contribution in [1.82, 2.24) is 4.90 Å². The molecule has 1 aromatic heterocycles. The molecule has 0 spiro atoms. The fourth-order valence-electron chi connectivity index (χ4n) is 2.00. The molecule has 0 fully saturated rings. The van der Waals surface area contributed by atoms with Crippen LogP contribution in [0.5, 0.6) is 0 Å². The van der Waals surface area contributed by atoms with Crippen LogP contribution in [0.25, 0.3) is 0 Å². The fraction of sp³-hybridized carbons (Fsp3) is 0.250. The van der Waals surface area contributed by atoms with Crippen LogP contribution in [-0.2, 0) is 22.6 Å². The third-order valence-electron chi connectivity index (χ3n) is 3.07. The van der Waals surface area contributed by atoms with Crippen molar-refractivity contribution in [2.45, 2.75) is 19.4 Å². The lowest BCUT2D eigenvalue weighted by atomic mass is 10.1. The number of amides is 1. The lowest BCUT2D eigenvalue weighted by Crippen LogP contribution is -2.33. The van der Waals surface area contributed by atoms with E-state index in [9.17, 15) is 9.59 Å². The molecule has 0 aliphatic rings. The number of rotatable bonds is 7. The third kappa shape index (κ3) is 4.80. The Morgan fingerprint density at radius 1 is 1.10 bits per heavy atom. The number of carboxylic acid groups (broad SMARTS) is 1. The van der Waals surface area contributed by atoms with Gasteiger partial charge in [0.25, 0.3) is 0 Å². The summed E-state index contributed by atoms with van der Waals surface area (Å²) in [6, 6.07) is 12.9. The lowest BCUT2D eigenvalue weighted by molar-refractivity contribution is -0.138. The molecule has 1 aromatic carbocycles. The van der Waals surface area contributed by atoms with Crippen LogP contribution in [-0.4, -0.2) is 28.4 Å². The predicted molar refractivity (Wildman–Crippen MR) is 76.5 cm³/mol. The molecule has 1 amide bonds. The maximum Gasteiger partial charge on any atom is 0.305 e. The van der Waals surface area contributed by atoms with Crippen LogP contribution < -0.4 is 0 Å².